The maximum absolute atomic E-state index is 12.2. The number of nitrogens with one attached hydrogen (secondary N) is 2. The highest BCUT2D eigenvalue weighted by Gasteiger charge is 2.08. The molecule has 3 N–H and O–H groups in total. The summed E-state index contributed by atoms with van der Waals surface area (Å²) in [6.45, 7) is 0.273. The normalized spacial score (nSPS) is 12.0. The van der Waals surface area contributed by atoms with Crippen LogP contribution >= 0.6 is 24.0 Å². The minimum absolute atomic E-state index is 0.273. The first kappa shape index (κ1) is 17.7. The minimum atomic E-state index is -2.43. The molecule has 23 heavy (non-hydrogen) atoms. The average Bonchev–Trinajstić information content (AvgIpc) is 2.55. The molecule has 1 atom stereocenters. The van der Waals surface area contributed by atoms with Gasteiger partial charge in [0.1, 0.15) is 0 Å². The first-order chi connectivity index (χ1) is 11.0. The Bertz CT molecular complexity index is 624. The highest BCUT2D eigenvalue weighted by molar-refractivity contribution is 7.99. The molecule has 0 radical (unpaired) electrons. The molecule has 0 aliphatic carbocycles. The van der Waals surface area contributed by atoms with Crippen LogP contribution < -0.4 is 10.6 Å². The Morgan fingerprint density at radius 3 is 2.35 bits per heavy atom. The SMILES string of the molecule is O[C@@H](CNC(=S)Nc1ccc(SC(F)F)cc1)c1ccccc1. The maximum Gasteiger partial charge on any atom is 0.288 e. The molecule has 0 unspecified atom stereocenters. The van der Waals surface area contributed by atoms with Gasteiger partial charge in [-0.05, 0) is 42.0 Å². The van der Waals surface area contributed by atoms with Gasteiger partial charge in [-0.15, -0.1) is 0 Å². The number of aliphatic hydroxyl groups excluding tert-OH is 1. The Kier molecular flexibility index (Phi) is 6.76. The minimum Gasteiger partial charge on any atom is -0.387 e. The number of benzene rings is 2. The van der Waals surface area contributed by atoms with Gasteiger partial charge in [-0.1, -0.05) is 42.1 Å². The van der Waals surface area contributed by atoms with Gasteiger partial charge < -0.3 is 15.7 Å². The molecular weight excluding hydrogens is 338 g/mol. The van der Waals surface area contributed by atoms with Gasteiger partial charge in [-0.3, -0.25) is 0 Å². The maximum atomic E-state index is 12.2. The van der Waals surface area contributed by atoms with Gasteiger partial charge in [0.05, 0.1) is 6.10 Å². The summed E-state index contributed by atoms with van der Waals surface area (Å²) in [7, 11) is 0. The van der Waals surface area contributed by atoms with E-state index < -0.39 is 11.9 Å². The van der Waals surface area contributed by atoms with Crippen LogP contribution in [-0.2, 0) is 0 Å². The van der Waals surface area contributed by atoms with Gasteiger partial charge in [0.25, 0.3) is 5.76 Å². The van der Waals surface area contributed by atoms with Crippen molar-refractivity contribution in [1.29, 1.82) is 0 Å². The van der Waals surface area contributed by atoms with E-state index in [-0.39, 0.29) is 6.54 Å². The van der Waals surface area contributed by atoms with Gasteiger partial charge >= 0.3 is 0 Å². The van der Waals surface area contributed by atoms with E-state index in [2.05, 4.69) is 10.6 Å². The van der Waals surface area contributed by atoms with Crippen LogP contribution in [0.2, 0.25) is 0 Å². The Labute approximate surface area is 143 Å². The van der Waals surface area contributed by atoms with Crippen LogP contribution in [0.15, 0.2) is 59.5 Å². The first-order valence-electron chi connectivity index (χ1n) is 6.87. The Morgan fingerprint density at radius 2 is 1.74 bits per heavy atom. The highest BCUT2D eigenvalue weighted by atomic mass is 32.2. The van der Waals surface area contributed by atoms with Crippen molar-refractivity contribution in [3.8, 4) is 0 Å². The smallest absolute Gasteiger partial charge is 0.288 e. The van der Waals surface area contributed by atoms with Crippen LogP contribution in [0.5, 0.6) is 0 Å². The molecule has 0 aliphatic rings. The zero-order valence-electron chi connectivity index (χ0n) is 12.1. The van der Waals surface area contributed by atoms with E-state index in [9.17, 15) is 13.9 Å². The third-order valence-electron chi connectivity index (χ3n) is 2.98. The molecule has 0 aromatic heterocycles. The summed E-state index contributed by atoms with van der Waals surface area (Å²) in [5, 5.41) is 16.3. The molecule has 0 fully saturated rings. The lowest BCUT2D eigenvalue weighted by Crippen LogP contribution is -2.32. The molecule has 2 rings (SSSR count). The highest BCUT2D eigenvalue weighted by Crippen LogP contribution is 2.26. The van der Waals surface area contributed by atoms with Crippen molar-refractivity contribution in [3.63, 3.8) is 0 Å². The molecule has 7 heteroatoms. The van der Waals surface area contributed by atoms with Crippen molar-refractivity contribution in [2.45, 2.75) is 16.8 Å². The quantitative estimate of drug-likeness (QED) is 0.540. The fourth-order valence-electron chi connectivity index (χ4n) is 1.88. The molecule has 0 saturated heterocycles. The lowest BCUT2D eigenvalue weighted by molar-refractivity contribution is 0.181. The van der Waals surface area contributed by atoms with Gasteiger partial charge in [-0.25, -0.2) is 0 Å². The molecule has 0 saturated carbocycles. The third kappa shape index (κ3) is 6.13. The zero-order chi connectivity index (χ0) is 16.7. The predicted octanol–water partition coefficient (Wildman–Crippen LogP) is 4.02. The number of hydrogen-bond acceptors (Lipinski definition) is 3. The van der Waals surface area contributed by atoms with Crippen molar-refractivity contribution in [1.82, 2.24) is 5.32 Å². The topological polar surface area (TPSA) is 44.3 Å². The summed E-state index contributed by atoms with van der Waals surface area (Å²) < 4.78 is 24.5. The summed E-state index contributed by atoms with van der Waals surface area (Å²) >= 11 is 5.64. The van der Waals surface area contributed by atoms with Crippen molar-refractivity contribution >= 4 is 34.8 Å². The number of rotatable bonds is 6. The van der Waals surface area contributed by atoms with E-state index in [0.717, 1.165) is 5.56 Å². The standard InChI is InChI=1S/C16H16F2N2OS2/c17-15(18)23-13-8-6-12(7-9-13)20-16(22)19-10-14(21)11-4-2-1-3-5-11/h1-9,14-15,21H,10H2,(H2,19,20,22)/t14-/m0/s1. The predicted molar refractivity (Wildman–Crippen MR) is 93.9 cm³/mol. The van der Waals surface area contributed by atoms with Crippen LogP contribution in [0, 0.1) is 0 Å². The summed E-state index contributed by atoms with van der Waals surface area (Å²) in [5.41, 5.74) is 1.49. The van der Waals surface area contributed by atoms with Gasteiger partial charge in [-0.2, -0.15) is 8.78 Å². The van der Waals surface area contributed by atoms with Crippen molar-refractivity contribution in [2.24, 2.45) is 0 Å². The molecule has 3 nitrogen and oxygen atoms in total. The Balaban J connectivity index is 1.80. The number of halogens is 2. The Morgan fingerprint density at radius 1 is 1.09 bits per heavy atom. The third-order valence-corrected chi connectivity index (χ3v) is 3.95. The van der Waals surface area contributed by atoms with E-state index in [1.807, 2.05) is 30.3 Å². The van der Waals surface area contributed by atoms with E-state index in [0.29, 0.717) is 27.5 Å². The van der Waals surface area contributed by atoms with Gasteiger partial charge in [0.15, 0.2) is 5.11 Å². The summed E-state index contributed by atoms with van der Waals surface area (Å²) in [6.07, 6.45) is -0.666. The molecule has 0 bridgehead atoms. The van der Waals surface area contributed by atoms with Gasteiger partial charge in [0.2, 0.25) is 0 Å². The van der Waals surface area contributed by atoms with Crippen molar-refractivity contribution in [2.75, 3.05) is 11.9 Å². The molecule has 0 spiro atoms. The molecule has 2 aromatic carbocycles. The monoisotopic (exact) mass is 354 g/mol. The number of anilines is 1. The second-order valence-corrected chi connectivity index (χ2v) is 6.14. The van der Waals surface area contributed by atoms with Crippen LogP contribution in [0.4, 0.5) is 14.5 Å². The van der Waals surface area contributed by atoms with E-state index in [1.165, 1.54) is 0 Å². The number of thiocarbonyl (C=S) groups is 1. The number of thioether (sulfide) groups is 1. The summed E-state index contributed by atoms with van der Waals surface area (Å²) in [4.78, 5) is 0.490. The molecule has 0 heterocycles. The summed E-state index contributed by atoms with van der Waals surface area (Å²) in [6, 6.07) is 15.8. The zero-order valence-corrected chi connectivity index (χ0v) is 13.7. The van der Waals surface area contributed by atoms with Gasteiger partial charge in [0, 0.05) is 17.1 Å². The largest absolute Gasteiger partial charge is 0.387 e. The first-order valence-corrected chi connectivity index (χ1v) is 8.16. The van der Waals surface area contributed by atoms with E-state index in [1.54, 1.807) is 24.3 Å². The second kappa shape index (κ2) is 8.81. The fraction of sp³-hybridized carbons (Fsp3) is 0.188. The second-order valence-electron chi connectivity index (χ2n) is 4.66. The molecular formula is C16H16F2N2OS2. The fourth-order valence-corrected chi connectivity index (χ4v) is 2.58. The summed E-state index contributed by atoms with van der Waals surface area (Å²) in [5.74, 6) is -2.43. The van der Waals surface area contributed by atoms with Crippen LogP contribution in [0.3, 0.4) is 0 Å². The molecule has 2 aromatic rings. The lowest BCUT2D eigenvalue weighted by Gasteiger charge is -2.15. The van der Waals surface area contributed by atoms with Crippen LogP contribution in [0.1, 0.15) is 11.7 Å². The van der Waals surface area contributed by atoms with Crippen molar-refractivity contribution < 1.29 is 13.9 Å². The number of aliphatic hydroxyl groups is 1. The van der Waals surface area contributed by atoms with E-state index >= 15 is 0 Å². The molecule has 122 valence electrons. The molecule has 0 aliphatic heterocycles. The van der Waals surface area contributed by atoms with E-state index in [4.69, 9.17) is 12.2 Å². The number of alkyl halides is 2. The van der Waals surface area contributed by atoms with Crippen LogP contribution in [-0.4, -0.2) is 22.5 Å². The van der Waals surface area contributed by atoms with Crippen molar-refractivity contribution in [3.05, 3.63) is 60.2 Å². The lowest BCUT2D eigenvalue weighted by atomic mass is 10.1. The molecule has 0 amide bonds. The Hall–Kier alpha value is -1.70. The average molecular weight is 354 g/mol. The van der Waals surface area contributed by atoms with Crippen LogP contribution in [0.25, 0.3) is 0 Å². The number of hydrogen-bond donors (Lipinski definition) is 3.